The van der Waals surface area contributed by atoms with Crippen LogP contribution in [0.15, 0.2) is 29.1 Å². The zero-order valence-corrected chi connectivity index (χ0v) is 12.5. The molecule has 0 radical (unpaired) electrons. The smallest absolute Gasteiger partial charge is 0.260 e. The second kappa shape index (κ2) is 5.46. The van der Waals surface area contributed by atoms with Crippen molar-refractivity contribution in [1.82, 2.24) is 14.9 Å². The van der Waals surface area contributed by atoms with Gasteiger partial charge in [0.1, 0.15) is 0 Å². The van der Waals surface area contributed by atoms with Crippen molar-refractivity contribution in [3.8, 4) is 5.88 Å². The van der Waals surface area contributed by atoms with E-state index in [4.69, 9.17) is 12.2 Å². The second-order valence-electron chi connectivity index (χ2n) is 5.08. The van der Waals surface area contributed by atoms with Gasteiger partial charge in [0, 0.05) is 13.1 Å². The van der Waals surface area contributed by atoms with Crippen LogP contribution in [-0.4, -0.2) is 21.2 Å². The van der Waals surface area contributed by atoms with Crippen LogP contribution in [0.2, 0.25) is 0 Å². The molecule has 1 aromatic heterocycles. The molecule has 0 fully saturated rings. The maximum atomic E-state index is 12.3. The van der Waals surface area contributed by atoms with Crippen LogP contribution < -0.4 is 10.9 Å². The van der Waals surface area contributed by atoms with Crippen molar-refractivity contribution in [1.29, 1.82) is 0 Å². The molecule has 2 heterocycles. The van der Waals surface area contributed by atoms with E-state index in [9.17, 15) is 9.90 Å². The highest BCUT2D eigenvalue weighted by atomic mass is 32.1. The first kappa shape index (κ1) is 14.0. The van der Waals surface area contributed by atoms with Gasteiger partial charge in [0.05, 0.1) is 11.6 Å². The van der Waals surface area contributed by atoms with Gasteiger partial charge in [-0.25, -0.2) is 0 Å². The number of aromatic amines is 1. The highest BCUT2D eigenvalue weighted by Crippen LogP contribution is 2.31. The third kappa shape index (κ3) is 2.30. The van der Waals surface area contributed by atoms with E-state index in [1.165, 1.54) is 10.1 Å². The van der Waals surface area contributed by atoms with E-state index in [0.717, 1.165) is 18.5 Å². The van der Waals surface area contributed by atoms with Crippen LogP contribution in [0.25, 0.3) is 0 Å². The van der Waals surface area contributed by atoms with E-state index < -0.39 is 0 Å². The standard InChI is InChI=1S/C15H17N3O2S/c1-2-18-14(20)11(13(19)17-15(18)21)12-10-6-4-3-5-9(10)7-8-16-12/h3-6,12,16,20H,2,7-8H2,1H3,(H,17,19,21)/t12-/m0/s1. The monoisotopic (exact) mass is 303 g/mol. The lowest BCUT2D eigenvalue weighted by atomic mass is 9.91. The number of nitrogens with zero attached hydrogens (tertiary/aromatic N) is 1. The van der Waals surface area contributed by atoms with Crippen molar-refractivity contribution < 1.29 is 5.11 Å². The maximum Gasteiger partial charge on any atom is 0.260 e. The lowest BCUT2D eigenvalue weighted by Gasteiger charge is -2.27. The Balaban J connectivity index is 2.23. The molecule has 0 aliphatic carbocycles. The average Bonchev–Trinajstić information content (AvgIpc) is 2.47. The highest BCUT2D eigenvalue weighted by Gasteiger charge is 2.27. The third-order valence-corrected chi connectivity index (χ3v) is 4.24. The molecule has 110 valence electrons. The number of benzene rings is 1. The molecule has 0 amide bonds. The molecule has 0 saturated heterocycles. The lowest BCUT2D eigenvalue weighted by molar-refractivity contribution is 0.391. The summed E-state index contributed by atoms with van der Waals surface area (Å²) < 4.78 is 1.78. The molecule has 0 saturated carbocycles. The number of fused-ring (bicyclic) bond motifs is 1. The summed E-state index contributed by atoms with van der Waals surface area (Å²) in [5, 5.41) is 13.8. The molecule has 0 unspecified atom stereocenters. The van der Waals surface area contributed by atoms with E-state index in [1.54, 1.807) is 0 Å². The van der Waals surface area contributed by atoms with Gasteiger partial charge in [-0.1, -0.05) is 24.3 Å². The van der Waals surface area contributed by atoms with Gasteiger partial charge in [0.15, 0.2) is 4.77 Å². The first-order valence-corrected chi connectivity index (χ1v) is 7.41. The average molecular weight is 303 g/mol. The highest BCUT2D eigenvalue weighted by molar-refractivity contribution is 7.71. The zero-order chi connectivity index (χ0) is 15.0. The summed E-state index contributed by atoms with van der Waals surface area (Å²) in [6.45, 7) is 3.14. The fourth-order valence-corrected chi connectivity index (χ4v) is 3.20. The second-order valence-corrected chi connectivity index (χ2v) is 5.46. The minimum Gasteiger partial charge on any atom is -0.494 e. The molecule has 1 aromatic carbocycles. The molecule has 0 spiro atoms. The quantitative estimate of drug-likeness (QED) is 0.741. The summed E-state index contributed by atoms with van der Waals surface area (Å²) in [7, 11) is 0. The first-order valence-electron chi connectivity index (χ1n) is 7.00. The van der Waals surface area contributed by atoms with Crippen LogP contribution in [0, 0.1) is 4.77 Å². The van der Waals surface area contributed by atoms with E-state index >= 15 is 0 Å². The fourth-order valence-electron chi connectivity index (χ4n) is 2.89. The number of H-pyrrole nitrogens is 1. The van der Waals surface area contributed by atoms with Crippen LogP contribution in [-0.2, 0) is 13.0 Å². The summed E-state index contributed by atoms with van der Waals surface area (Å²) in [5.41, 5.74) is 2.23. The Morgan fingerprint density at radius 2 is 2.19 bits per heavy atom. The number of aromatic hydroxyl groups is 1. The van der Waals surface area contributed by atoms with Crippen molar-refractivity contribution in [2.75, 3.05) is 6.54 Å². The van der Waals surface area contributed by atoms with Gasteiger partial charge in [-0.15, -0.1) is 0 Å². The Morgan fingerprint density at radius 1 is 1.43 bits per heavy atom. The number of hydrogen-bond donors (Lipinski definition) is 3. The molecule has 3 N–H and O–H groups in total. The van der Waals surface area contributed by atoms with Crippen molar-refractivity contribution in [2.24, 2.45) is 0 Å². The molecule has 1 atom stereocenters. The summed E-state index contributed by atoms with van der Waals surface area (Å²) in [6.07, 6.45) is 0.915. The number of aromatic nitrogens is 2. The summed E-state index contributed by atoms with van der Waals surface area (Å²) >= 11 is 5.09. The molecule has 0 bridgehead atoms. The van der Waals surface area contributed by atoms with Gasteiger partial charge in [-0.2, -0.15) is 0 Å². The summed E-state index contributed by atoms with van der Waals surface area (Å²) in [5.74, 6) is -0.0551. The van der Waals surface area contributed by atoms with Gasteiger partial charge in [-0.3, -0.25) is 14.3 Å². The number of hydrogen-bond acceptors (Lipinski definition) is 4. The first-order chi connectivity index (χ1) is 10.1. The van der Waals surface area contributed by atoms with E-state index in [-0.39, 0.29) is 22.3 Å². The van der Waals surface area contributed by atoms with Gasteiger partial charge in [0.25, 0.3) is 5.56 Å². The molecule has 5 nitrogen and oxygen atoms in total. The van der Waals surface area contributed by atoms with Gasteiger partial charge in [0.2, 0.25) is 5.88 Å². The van der Waals surface area contributed by atoms with E-state index in [1.807, 2.05) is 25.1 Å². The van der Waals surface area contributed by atoms with Crippen LogP contribution in [0.5, 0.6) is 5.88 Å². The molecule has 1 aliphatic rings. The van der Waals surface area contributed by atoms with Crippen molar-refractivity contribution in [3.63, 3.8) is 0 Å². The number of rotatable bonds is 2. The lowest BCUT2D eigenvalue weighted by Crippen LogP contribution is -2.35. The Hall–Kier alpha value is -1.92. The predicted molar refractivity (Wildman–Crippen MR) is 83.2 cm³/mol. The number of nitrogens with one attached hydrogen (secondary N) is 2. The third-order valence-electron chi connectivity index (χ3n) is 3.92. The minimum atomic E-state index is -0.337. The Bertz CT molecular complexity index is 794. The van der Waals surface area contributed by atoms with Crippen molar-refractivity contribution >= 4 is 12.2 Å². The van der Waals surface area contributed by atoms with Gasteiger partial charge in [-0.05, 0) is 36.7 Å². The van der Waals surface area contributed by atoms with Gasteiger partial charge < -0.3 is 10.4 Å². The molecule has 21 heavy (non-hydrogen) atoms. The fraction of sp³-hybridized carbons (Fsp3) is 0.333. The van der Waals surface area contributed by atoms with Crippen LogP contribution in [0.1, 0.15) is 29.7 Å². The molecule has 2 aromatic rings. The largest absolute Gasteiger partial charge is 0.494 e. The molecule has 3 rings (SSSR count). The molecular formula is C15H17N3O2S. The normalized spacial score (nSPS) is 17.5. The summed E-state index contributed by atoms with van der Waals surface area (Å²) in [6, 6.07) is 7.67. The predicted octanol–water partition coefficient (Wildman–Crippen LogP) is 1.87. The topological polar surface area (TPSA) is 70.0 Å². The molecule has 6 heteroatoms. The Morgan fingerprint density at radius 3 is 2.95 bits per heavy atom. The van der Waals surface area contributed by atoms with Crippen molar-refractivity contribution in [2.45, 2.75) is 25.9 Å². The van der Waals surface area contributed by atoms with E-state index in [2.05, 4.69) is 16.4 Å². The summed E-state index contributed by atoms with van der Waals surface area (Å²) in [4.78, 5) is 15.0. The van der Waals surface area contributed by atoms with Crippen LogP contribution in [0.3, 0.4) is 0 Å². The van der Waals surface area contributed by atoms with E-state index in [0.29, 0.717) is 12.1 Å². The SMILES string of the molecule is CCn1c(O)c([C@H]2NCCc3ccccc32)c(=O)[nH]c1=S. The maximum absolute atomic E-state index is 12.3. The minimum absolute atomic E-state index is 0.0551. The van der Waals surface area contributed by atoms with Gasteiger partial charge >= 0.3 is 0 Å². The molecular weight excluding hydrogens is 286 g/mol. The zero-order valence-electron chi connectivity index (χ0n) is 11.7. The Labute approximate surface area is 127 Å². The molecule has 1 aliphatic heterocycles. The van der Waals surface area contributed by atoms with Crippen LogP contribution >= 0.6 is 12.2 Å². The van der Waals surface area contributed by atoms with Crippen molar-refractivity contribution in [3.05, 3.63) is 56.1 Å². The van der Waals surface area contributed by atoms with Crippen LogP contribution in [0.4, 0.5) is 0 Å². The Kier molecular flexibility index (Phi) is 3.65.